The van der Waals surface area contributed by atoms with Crippen LogP contribution in [0.15, 0.2) is 18.2 Å². The van der Waals surface area contributed by atoms with Gasteiger partial charge in [0, 0.05) is 10.1 Å². The number of carbonyl (C=O) groups excluding carboxylic acids is 2. The van der Waals surface area contributed by atoms with E-state index in [9.17, 15) is 9.59 Å². The highest BCUT2D eigenvalue weighted by Crippen LogP contribution is 2.26. The number of hydrogen-bond acceptors (Lipinski definition) is 3. The molecule has 1 fully saturated rings. The van der Waals surface area contributed by atoms with Crippen LogP contribution in [0.25, 0.3) is 0 Å². The average Bonchev–Trinajstić information content (AvgIpc) is 2.61. The van der Waals surface area contributed by atoms with Gasteiger partial charge in [0.15, 0.2) is 0 Å². The summed E-state index contributed by atoms with van der Waals surface area (Å²) in [5, 5.41) is 3.61. The second-order valence-electron chi connectivity index (χ2n) is 4.41. The van der Waals surface area contributed by atoms with E-state index in [-0.39, 0.29) is 18.2 Å². The first-order chi connectivity index (χ1) is 9.02. The Morgan fingerprint density at radius 2 is 2.21 bits per heavy atom. The number of benzene rings is 1. The lowest BCUT2D eigenvalue weighted by molar-refractivity contribution is -0.138. The van der Waals surface area contributed by atoms with Crippen LogP contribution in [0.2, 0.25) is 5.02 Å². The summed E-state index contributed by atoms with van der Waals surface area (Å²) in [7, 11) is 0. The first-order valence-corrected chi connectivity index (χ1v) is 7.54. The fourth-order valence-electron chi connectivity index (χ4n) is 2.05. The number of nitrogens with zero attached hydrogens (tertiary/aromatic N) is 1. The van der Waals surface area contributed by atoms with Crippen molar-refractivity contribution in [3.63, 3.8) is 0 Å². The van der Waals surface area contributed by atoms with Gasteiger partial charge in [0.2, 0.25) is 5.91 Å². The normalized spacial score (nSPS) is 19.1. The van der Waals surface area contributed by atoms with Gasteiger partial charge in [-0.3, -0.25) is 14.5 Å². The number of halogens is 2. The molecule has 102 valence electrons. The highest BCUT2D eigenvalue weighted by molar-refractivity contribution is 14.1. The molecule has 1 aliphatic heterocycles. The highest BCUT2D eigenvalue weighted by atomic mass is 127. The monoisotopic (exact) mass is 392 g/mol. The molecule has 1 aromatic carbocycles. The molecular formula is C13H14ClIN2O2. The number of imide groups is 1. The van der Waals surface area contributed by atoms with Crippen LogP contribution in [-0.2, 0) is 9.59 Å². The van der Waals surface area contributed by atoms with Crippen molar-refractivity contribution in [1.29, 1.82) is 0 Å². The van der Waals surface area contributed by atoms with E-state index in [2.05, 4.69) is 27.9 Å². The van der Waals surface area contributed by atoms with E-state index in [1.54, 1.807) is 0 Å². The summed E-state index contributed by atoms with van der Waals surface area (Å²) in [4.78, 5) is 25.1. The molecule has 0 aromatic heterocycles. The number of anilines is 1. The molecule has 0 aliphatic carbocycles. The minimum absolute atomic E-state index is 0.119. The third-order valence-corrected chi connectivity index (χ3v) is 3.94. The Morgan fingerprint density at radius 1 is 1.47 bits per heavy atom. The van der Waals surface area contributed by atoms with E-state index in [1.165, 1.54) is 4.90 Å². The smallest absolute Gasteiger partial charge is 0.252 e. The third kappa shape index (κ3) is 3.20. The summed E-state index contributed by atoms with van der Waals surface area (Å²) >= 11 is 8.28. The van der Waals surface area contributed by atoms with Crippen molar-refractivity contribution in [2.45, 2.75) is 25.8 Å². The van der Waals surface area contributed by atoms with E-state index >= 15 is 0 Å². The van der Waals surface area contributed by atoms with Gasteiger partial charge < -0.3 is 5.32 Å². The van der Waals surface area contributed by atoms with E-state index in [0.717, 1.165) is 9.99 Å². The Morgan fingerprint density at radius 3 is 2.84 bits per heavy atom. The lowest BCUT2D eigenvalue weighted by atomic mass is 10.2. The van der Waals surface area contributed by atoms with Gasteiger partial charge in [-0.15, -0.1) is 0 Å². The largest absolute Gasteiger partial charge is 0.372 e. The van der Waals surface area contributed by atoms with Gasteiger partial charge in [0.05, 0.1) is 17.1 Å². The van der Waals surface area contributed by atoms with Crippen molar-refractivity contribution < 1.29 is 9.59 Å². The van der Waals surface area contributed by atoms with E-state index in [4.69, 9.17) is 11.6 Å². The third-order valence-electron chi connectivity index (χ3n) is 2.95. The number of hydrogen-bond donors (Lipinski definition) is 1. The maximum absolute atomic E-state index is 12.1. The summed E-state index contributed by atoms with van der Waals surface area (Å²) < 4.78 is 1.02. The van der Waals surface area contributed by atoms with Crippen molar-refractivity contribution in [3.05, 3.63) is 26.8 Å². The molecule has 1 N–H and O–H groups in total. The molecule has 1 atom stereocenters. The molecule has 6 heteroatoms. The molecule has 1 aliphatic rings. The molecule has 2 rings (SSSR count). The maximum Gasteiger partial charge on any atom is 0.252 e. The number of rotatable bonds is 4. The topological polar surface area (TPSA) is 49.4 Å². The molecule has 4 nitrogen and oxygen atoms in total. The molecule has 0 spiro atoms. The summed E-state index contributed by atoms with van der Waals surface area (Å²) in [6.07, 6.45) is 0.968. The van der Waals surface area contributed by atoms with Crippen molar-refractivity contribution in [1.82, 2.24) is 4.90 Å². The summed E-state index contributed by atoms with van der Waals surface area (Å²) in [6, 6.07) is 5.04. The summed E-state index contributed by atoms with van der Waals surface area (Å²) in [5.41, 5.74) is 0.687. The Bertz CT molecular complexity index is 521. The predicted octanol–water partition coefficient (Wildman–Crippen LogP) is 2.89. The predicted molar refractivity (Wildman–Crippen MR) is 83.2 cm³/mol. The minimum atomic E-state index is -0.503. The fraction of sp³-hybridized carbons (Fsp3) is 0.385. The lowest BCUT2D eigenvalue weighted by Crippen LogP contribution is -2.35. The van der Waals surface area contributed by atoms with Gasteiger partial charge >= 0.3 is 0 Å². The fourth-order valence-corrected chi connectivity index (χ4v) is 2.96. The van der Waals surface area contributed by atoms with Gasteiger partial charge in [-0.2, -0.15) is 0 Å². The second-order valence-corrected chi connectivity index (χ2v) is 6.06. The van der Waals surface area contributed by atoms with Crippen LogP contribution < -0.4 is 5.32 Å². The zero-order chi connectivity index (χ0) is 14.0. The SMILES string of the molecule is CCCN1C(=O)CC(Nc2ccc(I)cc2Cl)C1=O. The van der Waals surface area contributed by atoms with Crippen LogP contribution in [0.5, 0.6) is 0 Å². The molecule has 2 amide bonds. The zero-order valence-electron chi connectivity index (χ0n) is 10.5. The van der Waals surface area contributed by atoms with Crippen molar-refractivity contribution >= 4 is 51.7 Å². The lowest BCUT2D eigenvalue weighted by Gasteiger charge is -2.15. The summed E-state index contributed by atoms with van der Waals surface area (Å²) in [5.74, 6) is -0.285. The first-order valence-electron chi connectivity index (χ1n) is 6.08. The molecule has 1 unspecified atom stereocenters. The Labute approximate surface area is 130 Å². The van der Waals surface area contributed by atoms with Gasteiger partial charge in [-0.25, -0.2) is 0 Å². The van der Waals surface area contributed by atoms with E-state index < -0.39 is 6.04 Å². The second kappa shape index (κ2) is 6.09. The Hall–Kier alpha value is -0.820. The van der Waals surface area contributed by atoms with E-state index in [1.807, 2.05) is 25.1 Å². The number of likely N-dealkylation sites (tertiary alicyclic amines) is 1. The van der Waals surface area contributed by atoms with Crippen LogP contribution in [0.4, 0.5) is 5.69 Å². The van der Waals surface area contributed by atoms with Crippen LogP contribution in [-0.4, -0.2) is 29.3 Å². The molecule has 0 radical (unpaired) electrons. The minimum Gasteiger partial charge on any atom is -0.372 e. The van der Waals surface area contributed by atoms with Crippen LogP contribution >= 0.6 is 34.2 Å². The van der Waals surface area contributed by atoms with Crippen LogP contribution in [0.1, 0.15) is 19.8 Å². The quantitative estimate of drug-likeness (QED) is 0.633. The van der Waals surface area contributed by atoms with Crippen molar-refractivity contribution in [2.24, 2.45) is 0 Å². The molecular weight excluding hydrogens is 379 g/mol. The van der Waals surface area contributed by atoms with Crippen LogP contribution in [0.3, 0.4) is 0 Å². The number of carbonyl (C=O) groups is 2. The van der Waals surface area contributed by atoms with Gasteiger partial charge in [-0.1, -0.05) is 18.5 Å². The number of nitrogens with one attached hydrogen (secondary N) is 1. The van der Waals surface area contributed by atoms with Gasteiger partial charge in [0.1, 0.15) is 6.04 Å². The highest BCUT2D eigenvalue weighted by Gasteiger charge is 2.38. The van der Waals surface area contributed by atoms with E-state index in [0.29, 0.717) is 17.3 Å². The molecule has 1 heterocycles. The van der Waals surface area contributed by atoms with Crippen molar-refractivity contribution in [2.75, 3.05) is 11.9 Å². The van der Waals surface area contributed by atoms with Crippen molar-refractivity contribution in [3.8, 4) is 0 Å². The first kappa shape index (κ1) is 14.6. The Kier molecular flexibility index (Phi) is 4.67. The molecule has 0 saturated carbocycles. The van der Waals surface area contributed by atoms with Gasteiger partial charge in [-0.05, 0) is 47.2 Å². The molecule has 0 bridgehead atoms. The Balaban J connectivity index is 2.12. The maximum atomic E-state index is 12.1. The zero-order valence-corrected chi connectivity index (χ0v) is 13.4. The average molecular weight is 393 g/mol. The van der Waals surface area contributed by atoms with Gasteiger partial charge in [0.25, 0.3) is 5.91 Å². The number of amides is 2. The summed E-state index contributed by atoms with van der Waals surface area (Å²) in [6.45, 7) is 2.42. The van der Waals surface area contributed by atoms with Crippen LogP contribution in [0, 0.1) is 3.57 Å². The standard InChI is InChI=1S/C13H14ClIN2O2/c1-2-5-17-12(18)7-11(13(17)19)16-10-4-3-8(15)6-9(10)14/h3-4,6,11,16H,2,5,7H2,1H3. The molecule has 19 heavy (non-hydrogen) atoms. The molecule has 1 saturated heterocycles. The molecule has 1 aromatic rings.